The average Bonchev–Trinajstić information content (AvgIpc) is 2.65. The summed E-state index contributed by atoms with van der Waals surface area (Å²) >= 11 is 3.11. The molecule has 2 rings (SSSR count). The number of hydrogen-bond acceptors (Lipinski definition) is 4. The van der Waals surface area contributed by atoms with Gasteiger partial charge >= 0.3 is 0 Å². The molecule has 0 fully saturated rings. The topological polar surface area (TPSA) is 48.2 Å². The first-order valence-electron chi connectivity index (χ1n) is 4.39. The van der Waals surface area contributed by atoms with Crippen LogP contribution >= 0.6 is 15.9 Å². The van der Waals surface area contributed by atoms with Crippen LogP contribution in [0.3, 0.4) is 0 Å². The zero-order valence-electron chi connectivity index (χ0n) is 8.11. The van der Waals surface area contributed by atoms with Crippen LogP contribution in [0.5, 0.6) is 5.75 Å². The quantitative estimate of drug-likeness (QED) is 0.858. The minimum absolute atomic E-state index is 0.396. The molecule has 0 spiro atoms. The maximum absolute atomic E-state index is 5.23. The lowest BCUT2D eigenvalue weighted by molar-refractivity contribution is 0.389. The third-order valence-electron chi connectivity index (χ3n) is 1.98. The van der Waals surface area contributed by atoms with Crippen molar-refractivity contribution in [1.29, 1.82) is 0 Å². The second kappa shape index (κ2) is 4.44. The van der Waals surface area contributed by atoms with E-state index in [-0.39, 0.29) is 0 Å². The summed E-state index contributed by atoms with van der Waals surface area (Å²) < 4.78 is 10.1. The fourth-order valence-corrected chi connectivity index (χ4v) is 1.60. The van der Waals surface area contributed by atoms with Crippen LogP contribution in [-0.2, 0) is 6.42 Å². The van der Waals surface area contributed by atoms with E-state index in [1.54, 1.807) is 7.11 Å². The first-order valence-corrected chi connectivity index (χ1v) is 5.19. The first-order chi connectivity index (χ1) is 7.29. The fourth-order valence-electron chi connectivity index (χ4n) is 1.32. The van der Waals surface area contributed by atoms with Crippen molar-refractivity contribution in [3.63, 3.8) is 0 Å². The van der Waals surface area contributed by atoms with Crippen LogP contribution in [0.4, 0.5) is 0 Å². The lowest BCUT2D eigenvalue weighted by atomic mass is 10.1. The second-order valence-electron chi connectivity index (χ2n) is 2.95. The Balaban J connectivity index is 2.23. The zero-order valence-corrected chi connectivity index (χ0v) is 9.69. The highest BCUT2D eigenvalue weighted by Crippen LogP contribution is 2.20. The summed E-state index contributed by atoms with van der Waals surface area (Å²) in [6.45, 7) is 0. The Bertz CT molecular complexity index is 456. The minimum Gasteiger partial charge on any atom is -0.496 e. The Morgan fingerprint density at radius 1 is 1.40 bits per heavy atom. The maximum atomic E-state index is 5.23. The number of aromatic nitrogens is 2. The number of hydrogen-bond donors (Lipinski definition) is 0. The molecule has 78 valence electrons. The van der Waals surface area contributed by atoms with E-state index < -0.39 is 0 Å². The van der Waals surface area contributed by atoms with Crippen molar-refractivity contribution < 1.29 is 9.26 Å². The molecule has 1 aromatic heterocycles. The molecule has 1 aromatic carbocycles. The van der Waals surface area contributed by atoms with Gasteiger partial charge in [0.15, 0.2) is 5.82 Å². The molecule has 0 saturated heterocycles. The molecule has 0 aliphatic carbocycles. The predicted octanol–water partition coefficient (Wildman–Crippen LogP) is 2.43. The molecule has 1 heterocycles. The van der Waals surface area contributed by atoms with Gasteiger partial charge in [-0.25, -0.2) is 0 Å². The van der Waals surface area contributed by atoms with Gasteiger partial charge in [-0.2, -0.15) is 4.98 Å². The lowest BCUT2D eigenvalue weighted by Crippen LogP contribution is -1.94. The summed E-state index contributed by atoms with van der Waals surface area (Å²) in [6, 6.07) is 7.76. The first kappa shape index (κ1) is 10.2. The standard InChI is InChI=1S/C10H9BrN2O2/c1-14-8-5-3-2-4-7(8)6-9-12-10(11)15-13-9/h2-5H,6H2,1H3. The highest BCUT2D eigenvalue weighted by molar-refractivity contribution is 9.10. The molecule has 15 heavy (non-hydrogen) atoms. The second-order valence-corrected chi connectivity index (χ2v) is 3.63. The number of halogens is 1. The Hall–Kier alpha value is -1.36. The van der Waals surface area contributed by atoms with Gasteiger partial charge in [0.05, 0.1) is 7.11 Å². The molecular formula is C10H9BrN2O2. The normalized spacial score (nSPS) is 10.3. The number of ether oxygens (including phenoxy) is 1. The van der Waals surface area contributed by atoms with E-state index in [1.807, 2.05) is 24.3 Å². The van der Waals surface area contributed by atoms with Gasteiger partial charge in [0.1, 0.15) is 5.75 Å². The van der Waals surface area contributed by atoms with Crippen LogP contribution in [0.1, 0.15) is 11.4 Å². The van der Waals surface area contributed by atoms with Crippen molar-refractivity contribution in [3.05, 3.63) is 40.5 Å². The summed E-state index contributed by atoms with van der Waals surface area (Å²) in [5, 5.41) is 3.80. The summed E-state index contributed by atoms with van der Waals surface area (Å²) in [5.74, 6) is 1.46. The molecule has 0 amide bonds. The highest BCUT2D eigenvalue weighted by Gasteiger charge is 2.07. The van der Waals surface area contributed by atoms with Gasteiger partial charge in [0, 0.05) is 27.9 Å². The summed E-state index contributed by atoms with van der Waals surface area (Å²) in [7, 11) is 1.64. The summed E-state index contributed by atoms with van der Waals surface area (Å²) in [5.41, 5.74) is 1.04. The third-order valence-corrected chi connectivity index (χ3v) is 2.31. The third kappa shape index (κ3) is 2.36. The van der Waals surface area contributed by atoms with E-state index in [2.05, 4.69) is 26.1 Å². The lowest BCUT2D eigenvalue weighted by Gasteiger charge is -2.04. The van der Waals surface area contributed by atoms with Gasteiger partial charge in [-0.05, 0) is 6.07 Å². The van der Waals surface area contributed by atoms with E-state index >= 15 is 0 Å². The molecule has 4 nitrogen and oxygen atoms in total. The smallest absolute Gasteiger partial charge is 0.293 e. The fraction of sp³-hybridized carbons (Fsp3) is 0.200. The van der Waals surface area contributed by atoms with Crippen LogP contribution < -0.4 is 4.74 Å². The molecule has 0 N–H and O–H groups in total. The Morgan fingerprint density at radius 2 is 2.20 bits per heavy atom. The highest BCUT2D eigenvalue weighted by atomic mass is 79.9. The van der Waals surface area contributed by atoms with Crippen molar-refractivity contribution in [2.75, 3.05) is 7.11 Å². The summed E-state index contributed by atoms with van der Waals surface area (Å²) in [4.78, 5) is 4.46. The van der Waals surface area contributed by atoms with E-state index in [0.29, 0.717) is 17.0 Å². The average molecular weight is 269 g/mol. The molecule has 0 aliphatic rings. The molecule has 0 aliphatic heterocycles. The van der Waals surface area contributed by atoms with Crippen LogP contribution in [0.2, 0.25) is 0 Å². The van der Waals surface area contributed by atoms with Crippen molar-refractivity contribution in [1.82, 2.24) is 10.1 Å². The zero-order chi connectivity index (χ0) is 10.7. The molecule has 2 aromatic rings. The predicted molar refractivity (Wildman–Crippen MR) is 57.8 cm³/mol. The SMILES string of the molecule is COc1ccccc1Cc1noc(Br)n1. The largest absolute Gasteiger partial charge is 0.496 e. The number of methoxy groups -OCH3 is 1. The van der Waals surface area contributed by atoms with Crippen molar-refractivity contribution in [2.24, 2.45) is 0 Å². The molecule has 0 bridgehead atoms. The summed E-state index contributed by atoms with van der Waals surface area (Å²) in [6.07, 6.45) is 0.596. The van der Waals surface area contributed by atoms with Gasteiger partial charge in [-0.15, -0.1) is 0 Å². The van der Waals surface area contributed by atoms with Crippen molar-refractivity contribution in [3.8, 4) is 5.75 Å². The number of benzene rings is 1. The Kier molecular flexibility index (Phi) is 3.01. The molecular weight excluding hydrogens is 260 g/mol. The molecule has 0 saturated carbocycles. The maximum Gasteiger partial charge on any atom is 0.293 e. The van der Waals surface area contributed by atoms with E-state index in [1.165, 1.54) is 0 Å². The number of rotatable bonds is 3. The van der Waals surface area contributed by atoms with Crippen LogP contribution in [-0.4, -0.2) is 17.3 Å². The number of nitrogens with zero attached hydrogens (tertiary/aromatic N) is 2. The molecule has 0 atom stereocenters. The van der Waals surface area contributed by atoms with E-state index in [9.17, 15) is 0 Å². The monoisotopic (exact) mass is 268 g/mol. The van der Waals surface area contributed by atoms with Gasteiger partial charge in [0.2, 0.25) is 0 Å². The molecule has 5 heteroatoms. The van der Waals surface area contributed by atoms with Crippen molar-refractivity contribution in [2.45, 2.75) is 6.42 Å². The Morgan fingerprint density at radius 3 is 2.87 bits per heavy atom. The van der Waals surface area contributed by atoms with Crippen LogP contribution in [0, 0.1) is 0 Å². The molecule has 0 radical (unpaired) electrons. The molecule has 0 unspecified atom stereocenters. The van der Waals surface area contributed by atoms with E-state index in [4.69, 9.17) is 9.26 Å². The van der Waals surface area contributed by atoms with Gasteiger partial charge in [-0.3, -0.25) is 0 Å². The van der Waals surface area contributed by atoms with Crippen LogP contribution in [0.15, 0.2) is 33.6 Å². The minimum atomic E-state index is 0.396. The Labute approximate surface area is 95.4 Å². The van der Waals surface area contributed by atoms with Gasteiger partial charge in [-0.1, -0.05) is 23.4 Å². The van der Waals surface area contributed by atoms with Crippen LogP contribution in [0.25, 0.3) is 0 Å². The van der Waals surface area contributed by atoms with Gasteiger partial charge in [0.25, 0.3) is 4.80 Å². The number of para-hydroxylation sites is 1. The van der Waals surface area contributed by atoms with Crippen molar-refractivity contribution >= 4 is 15.9 Å². The van der Waals surface area contributed by atoms with Gasteiger partial charge < -0.3 is 9.26 Å². The van der Waals surface area contributed by atoms with E-state index in [0.717, 1.165) is 11.3 Å².